The molecule has 1 aliphatic rings. The zero-order chi connectivity index (χ0) is 22.5. The first-order valence-corrected chi connectivity index (χ1v) is 10.7. The van der Waals surface area contributed by atoms with Crippen LogP contribution in [0.2, 0.25) is 0 Å². The Morgan fingerprint density at radius 1 is 1.26 bits per heavy atom. The Bertz CT molecular complexity index is 1070. The van der Waals surface area contributed by atoms with Crippen molar-refractivity contribution in [3.05, 3.63) is 59.4 Å². The van der Waals surface area contributed by atoms with Gasteiger partial charge in [0.1, 0.15) is 19.4 Å². The van der Waals surface area contributed by atoms with Crippen molar-refractivity contribution in [3.8, 4) is 5.75 Å². The molecule has 0 aliphatic carbocycles. The molecule has 6 nitrogen and oxygen atoms in total. The molecule has 0 aromatic heterocycles. The minimum Gasteiger partial charge on any atom is -0.497 e. The van der Waals surface area contributed by atoms with Gasteiger partial charge in [-0.2, -0.15) is 0 Å². The van der Waals surface area contributed by atoms with Crippen molar-refractivity contribution in [3.63, 3.8) is 0 Å². The van der Waals surface area contributed by atoms with Gasteiger partial charge in [0.25, 0.3) is 11.8 Å². The van der Waals surface area contributed by atoms with Crippen molar-refractivity contribution in [2.24, 2.45) is 0 Å². The molecule has 0 saturated heterocycles. The van der Waals surface area contributed by atoms with E-state index < -0.39 is 0 Å². The molecule has 2 aromatic rings. The van der Waals surface area contributed by atoms with E-state index in [4.69, 9.17) is 17.0 Å². The lowest BCUT2D eigenvalue weighted by Gasteiger charge is -2.35. The molecule has 0 saturated carbocycles. The number of rotatable bonds is 6. The lowest BCUT2D eigenvalue weighted by atomic mass is 9.92. The Morgan fingerprint density at radius 2 is 2.03 bits per heavy atom. The van der Waals surface area contributed by atoms with Gasteiger partial charge in [0.05, 0.1) is 28.9 Å². The monoisotopic (exact) mass is 435 g/mol. The first-order valence-electron chi connectivity index (χ1n) is 10.3. The number of carbonyl (C=O) groups excluding carboxylic acids is 2. The SMILES string of the molecule is Bc1ccc2c(c1)C(=O)N/C(=C(/C)C(=O)Nc1cccc(OC)c1)N2C(=S)CCCC. The first kappa shape index (κ1) is 22.6. The maximum absolute atomic E-state index is 13.0. The smallest absolute Gasteiger partial charge is 0.258 e. The number of unbranched alkanes of at least 4 members (excludes halogenated alkanes) is 1. The fourth-order valence-electron chi connectivity index (χ4n) is 3.37. The van der Waals surface area contributed by atoms with Gasteiger partial charge in [-0.3, -0.25) is 14.5 Å². The highest BCUT2D eigenvalue weighted by atomic mass is 32.1. The molecule has 2 N–H and O–H groups in total. The van der Waals surface area contributed by atoms with Gasteiger partial charge >= 0.3 is 0 Å². The highest BCUT2D eigenvalue weighted by Gasteiger charge is 2.31. The molecule has 0 spiro atoms. The molecule has 160 valence electrons. The molecule has 2 amide bonds. The number of amides is 2. The summed E-state index contributed by atoms with van der Waals surface area (Å²) in [6, 6.07) is 12.8. The summed E-state index contributed by atoms with van der Waals surface area (Å²) in [5.74, 6) is 0.447. The second-order valence-electron chi connectivity index (χ2n) is 7.47. The van der Waals surface area contributed by atoms with Gasteiger partial charge in [0.2, 0.25) is 0 Å². The number of ether oxygens (including phenoxy) is 1. The normalized spacial score (nSPS) is 14.4. The maximum atomic E-state index is 13.0. The molecule has 0 atom stereocenters. The third-order valence-corrected chi connectivity index (χ3v) is 5.50. The van der Waals surface area contributed by atoms with Gasteiger partial charge in [0, 0.05) is 11.8 Å². The molecule has 0 bridgehead atoms. The van der Waals surface area contributed by atoms with Crippen LogP contribution in [0.5, 0.6) is 5.75 Å². The van der Waals surface area contributed by atoms with Crippen LogP contribution in [0.3, 0.4) is 0 Å². The van der Waals surface area contributed by atoms with E-state index in [1.54, 1.807) is 38.3 Å². The van der Waals surface area contributed by atoms with Crippen LogP contribution in [-0.2, 0) is 4.79 Å². The van der Waals surface area contributed by atoms with E-state index in [9.17, 15) is 9.59 Å². The van der Waals surface area contributed by atoms with Crippen molar-refractivity contribution in [2.75, 3.05) is 17.3 Å². The van der Waals surface area contributed by atoms with Crippen LogP contribution in [0.1, 0.15) is 43.5 Å². The Balaban J connectivity index is 2.01. The third kappa shape index (κ3) is 4.96. The van der Waals surface area contributed by atoms with Crippen LogP contribution in [-0.4, -0.2) is 31.8 Å². The minimum atomic E-state index is -0.331. The molecule has 0 unspecified atom stereocenters. The van der Waals surface area contributed by atoms with Gasteiger partial charge in [-0.25, -0.2) is 0 Å². The standard InChI is InChI=1S/C23H26BN3O3S/c1-4-5-9-20(31)27-19-11-10-15(24)12-18(19)23(29)26-21(27)14(2)22(28)25-16-7-6-8-17(13-16)30-3/h6-8,10-13H,4-5,9,24H2,1-3H3,(H,25,28)(H,26,29)/b21-14+. The van der Waals surface area contributed by atoms with Crippen LogP contribution in [0.4, 0.5) is 11.4 Å². The zero-order valence-electron chi connectivity index (χ0n) is 18.2. The van der Waals surface area contributed by atoms with Crippen LogP contribution < -0.4 is 25.7 Å². The Labute approximate surface area is 189 Å². The molecule has 0 fully saturated rings. The summed E-state index contributed by atoms with van der Waals surface area (Å²) in [6.45, 7) is 3.78. The number of anilines is 2. The lowest BCUT2D eigenvalue weighted by Crippen LogP contribution is -2.46. The summed E-state index contributed by atoms with van der Waals surface area (Å²) >= 11 is 5.72. The fraction of sp³-hybridized carbons (Fsp3) is 0.261. The predicted molar refractivity (Wildman–Crippen MR) is 131 cm³/mol. The van der Waals surface area contributed by atoms with Gasteiger partial charge in [0.15, 0.2) is 0 Å². The number of hydrogen-bond donors (Lipinski definition) is 2. The number of fused-ring (bicyclic) bond motifs is 1. The second-order valence-corrected chi connectivity index (χ2v) is 7.94. The number of thiocarbonyl (C=S) groups is 1. The summed E-state index contributed by atoms with van der Waals surface area (Å²) in [5.41, 5.74) is 3.18. The quantitative estimate of drug-likeness (QED) is 0.415. The first-order chi connectivity index (χ1) is 14.8. The van der Waals surface area contributed by atoms with E-state index in [1.807, 2.05) is 30.9 Å². The summed E-state index contributed by atoms with van der Waals surface area (Å²) in [6.07, 6.45) is 2.60. The Kier molecular flexibility index (Phi) is 7.12. The molecule has 31 heavy (non-hydrogen) atoms. The number of methoxy groups -OCH3 is 1. The van der Waals surface area contributed by atoms with E-state index >= 15 is 0 Å². The molecule has 3 rings (SSSR count). The van der Waals surface area contributed by atoms with Crippen LogP contribution in [0.15, 0.2) is 53.9 Å². The fourth-order valence-corrected chi connectivity index (χ4v) is 3.71. The second kappa shape index (κ2) is 9.79. The van der Waals surface area contributed by atoms with Gasteiger partial charge < -0.3 is 15.4 Å². The van der Waals surface area contributed by atoms with Crippen LogP contribution >= 0.6 is 12.2 Å². The predicted octanol–water partition coefficient (Wildman–Crippen LogP) is 2.89. The van der Waals surface area contributed by atoms with Crippen molar-refractivity contribution in [1.82, 2.24) is 5.32 Å². The maximum Gasteiger partial charge on any atom is 0.258 e. The number of nitrogens with one attached hydrogen (secondary N) is 2. The van der Waals surface area contributed by atoms with Crippen molar-refractivity contribution >= 4 is 53.7 Å². The van der Waals surface area contributed by atoms with E-state index in [0.717, 1.165) is 18.3 Å². The summed E-state index contributed by atoms with van der Waals surface area (Å²) < 4.78 is 5.22. The minimum absolute atomic E-state index is 0.253. The van der Waals surface area contributed by atoms with Gasteiger partial charge in [-0.05, 0) is 38.0 Å². The molecular formula is C23H26BN3O3S. The Hall–Kier alpha value is -3.13. The average Bonchev–Trinajstić information content (AvgIpc) is 2.77. The molecule has 8 heteroatoms. The zero-order valence-corrected chi connectivity index (χ0v) is 19.1. The van der Waals surface area contributed by atoms with E-state index in [2.05, 4.69) is 17.6 Å². The molecule has 1 heterocycles. The number of benzene rings is 2. The third-order valence-electron chi connectivity index (χ3n) is 5.11. The molecular weight excluding hydrogens is 409 g/mol. The van der Waals surface area contributed by atoms with Crippen LogP contribution in [0, 0.1) is 0 Å². The van der Waals surface area contributed by atoms with E-state index in [1.165, 1.54) is 0 Å². The van der Waals surface area contributed by atoms with Crippen LogP contribution in [0.25, 0.3) is 0 Å². The topological polar surface area (TPSA) is 70.7 Å². The largest absolute Gasteiger partial charge is 0.497 e. The van der Waals surface area contributed by atoms with Crippen molar-refractivity contribution in [1.29, 1.82) is 0 Å². The van der Waals surface area contributed by atoms with Crippen molar-refractivity contribution in [2.45, 2.75) is 33.1 Å². The lowest BCUT2D eigenvalue weighted by molar-refractivity contribution is -0.112. The van der Waals surface area contributed by atoms with Gasteiger partial charge in [-0.15, -0.1) is 0 Å². The molecule has 1 aliphatic heterocycles. The van der Waals surface area contributed by atoms with Gasteiger partial charge in [-0.1, -0.05) is 49.2 Å². The average molecular weight is 435 g/mol. The number of hydrogen-bond acceptors (Lipinski definition) is 4. The summed E-state index contributed by atoms with van der Waals surface area (Å²) in [5, 5.41) is 5.76. The van der Waals surface area contributed by atoms with E-state index in [0.29, 0.717) is 45.5 Å². The number of nitrogens with zero attached hydrogens (tertiary/aromatic N) is 1. The Morgan fingerprint density at radius 3 is 2.74 bits per heavy atom. The highest BCUT2D eigenvalue weighted by molar-refractivity contribution is 7.80. The van der Waals surface area contributed by atoms with Crippen molar-refractivity contribution < 1.29 is 14.3 Å². The summed E-state index contributed by atoms with van der Waals surface area (Å²) in [7, 11) is 3.51. The molecule has 2 aromatic carbocycles. The van der Waals surface area contributed by atoms with E-state index in [-0.39, 0.29) is 11.8 Å². The molecule has 0 radical (unpaired) electrons. The highest BCUT2D eigenvalue weighted by Crippen LogP contribution is 2.30. The number of carbonyl (C=O) groups is 2. The summed E-state index contributed by atoms with van der Waals surface area (Å²) in [4.78, 5) is 28.4.